The molecule has 0 aromatic carbocycles. The number of aromatic nitrogens is 1. The molecule has 1 heterocycles. The van der Waals surface area contributed by atoms with Crippen LogP contribution in [0.25, 0.3) is 0 Å². The highest BCUT2D eigenvalue weighted by Gasteiger charge is 2.12. The van der Waals surface area contributed by atoms with Crippen LogP contribution < -0.4 is 10.5 Å². The van der Waals surface area contributed by atoms with E-state index in [0.29, 0.717) is 24.0 Å². The van der Waals surface area contributed by atoms with Gasteiger partial charge in [0.2, 0.25) is 5.88 Å². The summed E-state index contributed by atoms with van der Waals surface area (Å²) in [5.74, 6) is 0.902. The van der Waals surface area contributed by atoms with Crippen molar-refractivity contribution >= 4 is 0 Å². The number of hydrogen-bond donors (Lipinski definition) is 2. The van der Waals surface area contributed by atoms with Crippen LogP contribution in [0.4, 0.5) is 0 Å². The van der Waals surface area contributed by atoms with Crippen LogP contribution in [-0.4, -0.2) is 23.2 Å². The van der Waals surface area contributed by atoms with Crippen molar-refractivity contribution in [3.05, 3.63) is 23.9 Å². The summed E-state index contributed by atoms with van der Waals surface area (Å²) < 4.78 is 5.49. The van der Waals surface area contributed by atoms with Gasteiger partial charge in [0.05, 0.1) is 12.7 Å². The predicted molar refractivity (Wildman–Crippen MR) is 58.6 cm³/mol. The van der Waals surface area contributed by atoms with Crippen molar-refractivity contribution < 1.29 is 9.84 Å². The lowest BCUT2D eigenvalue weighted by atomic mass is 10.1. The smallest absolute Gasteiger partial charge is 0.219 e. The standard InChI is InChI=1S/C11H18N2O2/c1-8(2)7-15-11-9(10(14)6-12)4-3-5-13-11/h3-5,8,10,14H,6-7,12H2,1-2H3. The van der Waals surface area contributed by atoms with E-state index in [1.54, 1.807) is 18.3 Å². The SMILES string of the molecule is CC(C)COc1ncccc1C(O)CN. The first-order valence-corrected chi connectivity index (χ1v) is 5.11. The van der Waals surface area contributed by atoms with Gasteiger partial charge in [-0.05, 0) is 18.1 Å². The Morgan fingerprint density at radius 3 is 2.87 bits per heavy atom. The number of hydrogen-bond acceptors (Lipinski definition) is 4. The Labute approximate surface area is 90.1 Å². The van der Waals surface area contributed by atoms with Crippen molar-refractivity contribution in [3.8, 4) is 5.88 Å². The molecule has 0 saturated carbocycles. The zero-order valence-electron chi connectivity index (χ0n) is 9.18. The Kier molecular flexibility index (Phi) is 4.52. The molecule has 3 N–H and O–H groups in total. The summed E-state index contributed by atoms with van der Waals surface area (Å²) in [4.78, 5) is 4.08. The van der Waals surface area contributed by atoms with E-state index in [1.165, 1.54) is 0 Å². The van der Waals surface area contributed by atoms with Crippen LogP contribution in [0.2, 0.25) is 0 Å². The molecule has 1 aromatic rings. The Hall–Kier alpha value is -1.13. The quantitative estimate of drug-likeness (QED) is 0.764. The fourth-order valence-corrected chi connectivity index (χ4v) is 1.15. The lowest BCUT2D eigenvalue weighted by Crippen LogP contribution is -2.14. The summed E-state index contributed by atoms with van der Waals surface area (Å²) in [7, 11) is 0. The van der Waals surface area contributed by atoms with Gasteiger partial charge in [-0.15, -0.1) is 0 Å². The van der Waals surface area contributed by atoms with Crippen LogP contribution in [0.1, 0.15) is 25.5 Å². The van der Waals surface area contributed by atoms with Crippen LogP contribution in [0.3, 0.4) is 0 Å². The third kappa shape index (κ3) is 3.49. The van der Waals surface area contributed by atoms with E-state index in [0.717, 1.165) is 0 Å². The Morgan fingerprint density at radius 1 is 1.53 bits per heavy atom. The predicted octanol–water partition coefficient (Wildman–Crippen LogP) is 1.11. The molecule has 0 aliphatic rings. The highest BCUT2D eigenvalue weighted by molar-refractivity contribution is 5.27. The molecular formula is C11H18N2O2. The van der Waals surface area contributed by atoms with E-state index < -0.39 is 6.10 Å². The fraction of sp³-hybridized carbons (Fsp3) is 0.545. The molecule has 0 amide bonds. The van der Waals surface area contributed by atoms with Crippen LogP contribution in [-0.2, 0) is 0 Å². The van der Waals surface area contributed by atoms with Gasteiger partial charge in [-0.1, -0.05) is 13.8 Å². The maximum atomic E-state index is 9.63. The second-order valence-corrected chi connectivity index (χ2v) is 3.85. The Balaban J connectivity index is 2.77. The zero-order valence-corrected chi connectivity index (χ0v) is 9.18. The third-order valence-corrected chi connectivity index (χ3v) is 1.94. The summed E-state index contributed by atoms with van der Waals surface area (Å²) in [5.41, 5.74) is 6.05. The van der Waals surface area contributed by atoms with Crippen molar-refractivity contribution in [1.29, 1.82) is 0 Å². The minimum absolute atomic E-state index is 0.170. The van der Waals surface area contributed by atoms with Gasteiger partial charge in [0.15, 0.2) is 0 Å². The first-order chi connectivity index (χ1) is 7.15. The minimum atomic E-state index is -0.708. The van der Waals surface area contributed by atoms with Crippen molar-refractivity contribution in [1.82, 2.24) is 4.98 Å². The second kappa shape index (κ2) is 5.68. The molecule has 0 radical (unpaired) electrons. The Bertz CT molecular complexity index is 302. The van der Waals surface area contributed by atoms with Crippen molar-refractivity contribution in [3.63, 3.8) is 0 Å². The van der Waals surface area contributed by atoms with E-state index in [-0.39, 0.29) is 6.54 Å². The van der Waals surface area contributed by atoms with Crippen molar-refractivity contribution in [2.45, 2.75) is 20.0 Å². The first-order valence-electron chi connectivity index (χ1n) is 5.11. The molecule has 1 aromatic heterocycles. The van der Waals surface area contributed by atoms with E-state index in [2.05, 4.69) is 18.8 Å². The molecule has 1 unspecified atom stereocenters. The number of nitrogens with two attached hydrogens (primary N) is 1. The number of aliphatic hydroxyl groups excluding tert-OH is 1. The molecule has 1 atom stereocenters. The van der Waals surface area contributed by atoms with Crippen molar-refractivity contribution in [2.24, 2.45) is 11.7 Å². The average Bonchev–Trinajstić information content (AvgIpc) is 2.25. The molecular weight excluding hydrogens is 192 g/mol. The number of ether oxygens (including phenoxy) is 1. The summed E-state index contributed by atoms with van der Waals surface area (Å²) >= 11 is 0. The minimum Gasteiger partial charge on any atom is -0.477 e. The molecule has 0 saturated heterocycles. The molecule has 0 aliphatic heterocycles. The summed E-state index contributed by atoms with van der Waals surface area (Å²) in [6.07, 6.45) is 0.934. The molecule has 0 spiro atoms. The highest BCUT2D eigenvalue weighted by atomic mass is 16.5. The van der Waals surface area contributed by atoms with Crippen LogP contribution in [0.5, 0.6) is 5.88 Å². The number of pyridine rings is 1. The van der Waals surface area contributed by atoms with Gasteiger partial charge in [0.1, 0.15) is 0 Å². The maximum absolute atomic E-state index is 9.63. The number of aliphatic hydroxyl groups is 1. The Morgan fingerprint density at radius 2 is 2.27 bits per heavy atom. The summed E-state index contributed by atoms with van der Waals surface area (Å²) in [6, 6.07) is 3.54. The van der Waals surface area contributed by atoms with E-state index in [1.807, 2.05) is 0 Å². The van der Waals surface area contributed by atoms with Crippen molar-refractivity contribution in [2.75, 3.05) is 13.2 Å². The van der Waals surface area contributed by atoms with Gasteiger partial charge in [-0.25, -0.2) is 4.98 Å². The van der Waals surface area contributed by atoms with Gasteiger partial charge < -0.3 is 15.6 Å². The van der Waals surface area contributed by atoms with Crippen LogP contribution in [0, 0.1) is 5.92 Å². The molecule has 0 aliphatic carbocycles. The summed E-state index contributed by atoms with van der Waals surface area (Å²) in [5, 5.41) is 9.63. The fourth-order valence-electron chi connectivity index (χ4n) is 1.15. The molecule has 15 heavy (non-hydrogen) atoms. The highest BCUT2D eigenvalue weighted by Crippen LogP contribution is 2.21. The molecule has 0 bridgehead atoms. The van der Waals surface area contributed by atoms with E-state index in [4.69, 9.17) is 10.5 Å². The lowest BCUT2D eigenvalue weighted by molar-refractivity contribution is 0.175. The molecule has 4 nitrogen and oxygen atoms in total. The number of rotatable bonds is 5. The molecule has 84 valence electrons. The van der Waals surface area contributed by atoms with Gasteiger partial charge in [0, 0.05) is 18.3 Å². The number of nitrogens with zero attached hydrogens (tertiary/aromatic N) is 1. The topological polar surface area (TPSA) is 68.4 Å². The molecule has 0 fully saturated rings. The second-order valence-electron chi connectivity index (χ2n) is 3.85. The summed E-state index contributed by atoms with van der Waals surface area (Å²) in [6.45, 7) is 4.87. The van der Waals surface area contributed by atoms with Crippen LogP contribution >= 0.6 is 0 Å². The van der Waals surface area contributed by atoms with Gasteiger partial charge in [-0.3, -0.25) is 0 Å². The van der Waals surface area contributed by atoms with Gasteiger partial charge >= 0.3 is 0 Å². The largest absolute Gasteiger partial charge is 0.477 e. The zero-order chi connectivity index (χ0) is 11.3. The normalized spacial score (nSPS) is 12.9. The van der Waals surface area contributed by atoms with E-state index >= 15 is 0 Å². The first kappa shape index (κ1) is 11.9. The van der Waals surface area contributed by atoms with Gasteiger partial charge in [0.25, 0.3) is 0 Å². The molecule has 1 rings (SSSR count). The third-order valence-electron chi connectivity index (χ3n) is 1.94. The maximum Gasteiger partial charge on any atom is 0.219 e. The lowest BCUT2D eigenvalue weighted by Gasteiger charge is -2.14. The van der Waals surface area contributed by atoms with Gasteiger partial charge in [-0.2, -0.15) is 0 Å². The van der Waals surface area contributed by atoms with E-state index in [9.17, 15) is 5.11 Å². The van der Waals surface area contributed by atoms with Crippen LogP contribution in [0.15, 0.2) is 18.3 Å². The monoisotopic (exact) mass is 210 g/mol. The average molecular weight is 210 g/mol. The molecule has 4 heteroatoms.